The minimum Gasteiger partial charge on any atom is -0.349 e. The number of nitrogens with one attached hydrogen (secondary N) is 1. The Labute approximate surface area is 103 Å². The van der Waals surface area contributed by atoms with Crippen molar-refractivity contribution in [1.82, 2.24) is 5.32 Å². The lowest BCUT2D eigenvalue weighted by Crippen LogP contribution is -2.46. The van der Waals surface area contributed by atoms with Crippen LogP contribution < -0.4 is 5.32 Å². The van der Waals surface area contributed by atoms with Crippen LogP contribution in [0.4, 0.5) is 0 Å². The molecule has 2 rings (SSSR count). The average Bonchev–Trinajstić information content (AvgIpc) is 2.33. The second kappa shape index (κ2) is 4.91. The third-order valence-corrected chi connectivity index (χ3v) is 3.85. The molecule has 1 aliphatic carbocycles. The molecular formula is C15H21NO. The van der Waals surface area contributed by atoms with Crippen LogP contribution in [0.1, 0.15) is 49.9 Å². The van der Waals surface area contributed by atoms with Crippen LogP contribution in [0.5, 0.6) is 0 Å². The highest BCUT2D eigenvalue weighted by molar-refractivity contribution is 5.94. The lowest BCUT2D eigenvalue weighted by atomic mass is 9.73. The van der Waals surface area contributed by atoms with E-state index >= 15 is 0 Å². The normalized spacial score (nSPS) is 23.1. The summed E-state index contributed by atoms with van der Waals surface area (Å²) in [5, 5.41) is 3.19. The summed E-state index contributed by atoms with van der Waals surface area (Å²) in [6.45, 7) is 4.50. The third kappa shape index (κ3) is 2.87. The molecule has 0 aromatic heterocycles. The average molecular weight is 231 g/mol. The number of carbonyl (C=O) groups is 1. The van der Waals surface area contributed by atoms with Crippen molar-refractivity contribution in [1.29, 1.82) is 0 Å². The van der Waals surface area contributed by atoms with E-state index in [2.05, 4.69) is 19.2 Å². The van der Waals surface area contributed by atoms with Crippen molar-refractivity contribution in [3.05, 3.63) is 35.9 Å². The van der Waals surface area contributed by atoms with Gasteiger partial charge < -0.3 is 5.32 Å². The molecule has 0 spiro atoms. The van der Waals surface area contributed by atoms with Crippen LogP contribution in [0.3, 0.4) is 0 Å². The molecule has 17 heavy (non-hydrogen) atoms. The minimum absolute atomic E-state index is 0.0607. The predicted octanol–water partition coefficient (Wildman–Crippen LogP) is 3.39. The molecule has 1 aliphatic rings. The molecule has 2 nitrogen and oxygen atoms in total. The second-order valence-electron chi connectivity index (χ2n) is 5.63. The summed E-state index contributed by atoms with van der Waals surface area (Å²) in [5.41, 5.74) is 0.983. The van der Waals surface area contributed by atoms with Gasteiger partial charge in [-0.2, -0.15) is 0 Å². The highest BCUT2D eigenvalue weighted by Gasteiger charge is 2.33. The summed E-state index contributed by atoms with van der Waals surface area (Å²) in [6.07, 6.45) is 4.81. The molecule has 2 heteroatoms. The summed E-state index contributed by atoms with van der Waals surface area (Å²) < 4.78 is 0. The van der Waals surface area contributed by atoms with Crippen molar-refractivity contribution in [3.63, 3.8) is 0 Å². The SMILES string of the molecule is CC1(C)CCCCC1NC(=O)c1ccccc1. The van der Waals surface area contributed by atoms with E-state index in [0.717, 1.165) is 12.0 Å². The summed E-state index contributed by atoms with van der Waals surface area (Å²) >= 11 is 0. The van der Waals surface area contributed by atoms with Gasteiger partial charge in [0.1, 0.15) is 0 Å². The zero-order valence-electron chi connectivity index (χ0n) is 10.7. The lowest BCUT2D eigenvalue weighted by molar-refractivity contribution is 0.0853. The quantitative estimate of drug-likeness (QED) is 0.830. The van der Waals surface area contributed by atoms with E-state index in [1.807, 2.05) is 30.3 Å². The maximum Gasteiger partial charge on any atom is 0.251 e. The zero-order valence-corrected chi connectivity index (χ0v) is 10.7. The standard InChI is InChI=1S/C15H21NO/c1-15(2)11-7-6-10-13(15)16-14(17)12-8-4-3-5-9-12/h3-5,8-9,13H,6-7,10-11H2,1-2H3,(H,16,17). The van der Waals surface area contributed by atoms with Crippen molar-refractivity contribution >= 4 is 5.91 Å². The summed E-state index contributed by atoms with van der Waals surface area (Å²) in [6, 6.07) is 9.78. The molecule has 1 aromatic rings. The lowest BCUT2D eigenvalue weighted by Gasteiger charge is -2.39. The molecule has 0 aliphatic heterocycles. The van der Waals surface area contributed by atoms with Gasteiger partial charge in [0.25, 0.3) is 5.91 Å². The van der Waals surface area contributed by atoms with Gasteiger partial charge in [0.05, 0.1) is 0 Å². The highest BCUT2D eigenvalue weighted by Crippen LogP contribution is 2.35. The first-order valence-electron chi connectivity index (χ1n) is 6.45. The molecule has 0 bridgehead atoms. The van der Waals surface area contributed by atoms with E-state index in [1.54, 1.807) is 0 Å². The van der Waals surface area contributed by atoms with Crippen LogP contribution in [0.15, 0.2) is 30.3 Å². The predicted molar refractivity (Wildman–Crippen MR) is 69.9 cm³/mol. The smallest absolute Gasteiger partial charge is 0.251 e. The number of hydrogen-bond acceptors (Lipinski definition) is 1. The Kier molecular flexibility index (Phi) is 3.51. The first kappa shape index (κ1) is 12.2. The van der Waals surface area contributed by atoms with Crippen LogP contribution in [0.25, 0.3) is 0 Å². The van der Waals surface area contributed by atoms with Gasteiger partial charge in [0.15, 0.2) is 0 Å². The van der Waals surface area contributed by atoms with Gasteiger partial charge in [0, 0.05) is 11.6 Å². The molecule has 0 heterocycles. The second-order valence-corrected chi connectivity index (χ2v) is 5.63. The summed E-state index contributed by atoms with van der Waals surface area (Å²) in [4.78, 5) is 12.1. The van der Waals surface area contributed by atoms with Crippen molar-refractivity contribution in [2.24, 2.45) is 5.41 Å². The Morgan fingerprint density at radius 3 is 2.59 bits per heavy atom. The Morgan fingerprint density at radius 1 is 1.24 bits per heavy atom. The molecule has 1 N–H and O–H groups in total. The van der Waals surface area contributed by atoms with Crippen LogP contribution in [0, 0.1) is 5.41 Å². The zero-order chi connectivity index (χ0) is 12.3. The van der Waals surface area contributed by atoms with Gasteiger partial charge in [-0.3, -0.25) is 4.79 Å². The first-order valence-corrected chi connectivity index (χ1v) is 6.45. The monoisotopic (exact) mass is 231 g/mol. The number of benzene rings is 1. The Morgan fingerprint density at radius 2 is 1.94 bits per heavy atom. The Bertz CT molecular complexity index is 383. The highest BCUT2D eigenvalue weighted by atomic mass is 16.1. The molecule has 0 radical (unpaired) electrons. The minimum atomic E-state index is 0.0607. The maximum atomic E-state index is 12.1. The molecule has 1 fully saturated rings. The van der Waals surface area contributed by atoms with Crippen molar-refractivity contribution in [2.75, 3.05) is 0 Å². The van der Waals surface area contributed by atoms with Gasteiger partial charge in [-0.1, -0.05) is 44.9 Å². The van der Waals surface area contributed by atoms with Crippen LogP contribution >= 0.6 is 0 Å². The van der Waals surface area contributed by atoms with Crippen molar-refractivity contribution in [3.8, 4) is 0 Å². The third-order valence-electron chi connectivity index (χ3n) is 3.85. The molecule has 92 valence electrons. The molecule has 1 saturated carbocycles. The summed E-state index contributed by atoms with van der Waals surface area (Å²) in [7, 11) is 0. The van der Waals surface area contributed by atoms with E-state index in [1.165, 1.54) is 19.3 Å². The molecule has 0 saturated heterocycles. The van der Waals surface area contributed by atoms with E-state index in [0.29, 0.717) is 6.04 Å². The maximum absolute atomic E-state index is 12.1. The largest absolute Gasteiger partial charge is 0.349 e. The van der Waals surface area contributed by atoms with Crippen LogP contribution in [-0.2, 0) is 0 Å². The van der Waals surface area contributed by atoms with Crippen LogP contribution in [-0.4, -0.2) is 11.9 Å². The van der Waals surface area contributed by atoms with Gasteiger partial charge >= 0.3 is 0 Å². The van der Waals surface area contributed by atoms with Gasteiger partial charge in [-0.15, -0.1) is 0 Å². The van der Waals surface area contributed by atoms with Crippen LogP contribution in [0.2, 0.25) is 0 Å². The van der Waals surface area contributed by atoms with E-state index in [-0.39, 0.29) is 11.3 Å². The van der Waals surface area contributed by atoms with Crippen molar-refractivity contribution < 1.29 is 4.79 Å². The summed E-state index contributed by atoms with van der Waals surface area (Å²) in [5.74, 6) is 0.0607. The number of carbonyl (C=O) groups excluding carboxylic acids is 1. The van der Waals surface area contributed by atoms with E-state index in [9.17, 15) is 4.79 Å². The van der Waals surface area contributed by atoms with Gasteiger partial charge in [-0.25, -0.2) is 0 Å². The van der Waals surface area contributed by atoms with E-state index in [4.69, 9.17) is 0 Å². The molecule has 1 aromatic carbocycles. The number of amides is 1. The Hall–Kier alpha value is -1.31. The van der Waals surface area contributed by atoms with E-state index < -0.39 is 0 Å². The fraction of sp³-hybridized carbons (Fsp3) is 0.533. The van der Waals surface area contributed by atoms with Gasteiger partial charge in [0.2, 0.25) is 0 Å². The molecule has 1 amide bonds. The first-order chi connectivity index (χ1) is 8.09. The molecule has 1 atom stereocenters. The molecular weight excluding hydrogens is 210 g/mol. The number of hydrogen-bond donors (Lipinski definition) is 1. The fourth-order valence-corrected chi connectivity index (χ4v) is 2.59. The topological polar surface area (TPSA) is 29.1 Å². The molecule has 1 unspecified atom stereocenters. The Balaban J connectivity index is 2.03. The van der Waals surface area contributed by atoms with Crippen molar-refractivity contribution in [2.45, 2.75) is 45.6 Å². The fourth-order valence-electron chi connectivity index (χ4n) is 2.59. The van der Waals surface area contributed by atoms with Gasteiger partial charge in [-0.05, 0) is 30.4 Å². The number of rotatable bonds is 2.